The van der Waals surface area contributed by atoms with E-state index >= 15 is 0 Å². The molecule has 0 radical (unpaired) electrons. The fourth-order valence-electron chi connectivity index (χ4n) is 1.43. The molecule has 2 aromatic heterocycles. The van der Waals surface area contributed by atoms with E-state index in [9.17, 15) is 4.79 Å². The molecule has 0 aliphatic carbocycles. The standard InChI is InChI=1S/C11H8Br2ClN3O2/c1-2-19-11(18)8-4-9(13)16-17(8)10-7(14)3-6(12)5-15-10/h3-5H,2H2,1H3. The average Bonchev–Trinajstić information content (AvgIpc) is 2.71. The molecule has 0 bridgehead atoms. The molecule has 0 unspecified atom stereocenters. The Kier molecular flexibility index (Phi) is 4.59. The van der Waals surface area contributed by atoms with Crippen LogP contribution in [0.25, 0.3) is 5.82 Å². The van der Waals surface area contributed by atoms with Gasteiger partial charge >= 0.3 is 5.97 Å². The van der Waals surface area contributed by atoms with Gasteiger partial charge in [-0.05, 0) is 44.8 Å². The Labute approximate surface area is 131 Å². The van der Waals surface area contributed by atoms with E-state index in [2.05, 4.69) is 41.9 Å². The molecule has 0 aliphatic rings. The maximum Gasteiger partial charge on any atom is 0.357 e. The Morgan fingerprint density at radius 3 is 2.84 bits per heavy atom. The van der Waals surface area contributed by atoms with E-state index in [1.807, 2.05) is 0 Å². The van der Waals surface area contributed by atoms with Crippen LogP contribution in [0.4, 0.5) is 0 Å². The number of ether oxygens (including phenoxy) is 1. The Morgan fingerprint density at radius 1 is 1.47 bits per heavy atom. The van der Waals surface area contributed by atoms with Crippen LogP contribution in [0.2, 0.25) is 5.02 Å². The maximum absolute atomic E-state index is 11.8. The molecule has 0 atom stereocenters. The first kappa shape index (κ1) is 14.5. The van der Waals surface area contributed by atoms with Gasteiger partial charge in [-0.15, -0.1) is 0 Å². The monoisotopic (exact) mass is 407 g/mol. The third-order valence-electron chi connectivity index (χ3n) is 2.15. The van der Waals surface area contributed by atoms with Gasteiger partial charge in [-0.25, -0.2) is 14.5 Å². The minimum atomic E-state index is -0.485. The number of hydrogen-bond acceptors (Lipinski definition) is 4. The molecule has 0 aliphatic heterocycles. The van der Waals surface area contributed by atoms with E-state index in [0.29, 0.717) is 15.4 Å². The summed E-state index contributed by atoms with van der Waals surface area (Å²) in [5.74, 6) is -0.125. The Morgan fingerprint density at radius 2 is 2.21 bits per heavy atom. The van der Waals surface area contributed by atoms with Crippen molar-refractivity contribution in [3.8, 4) is 5.82 Å². The largest absolute Gasteiger partial charge is 0.461 e. The highest BCUT2D eigenvalue weighted by molar-refractivity contribution is 9.10. The molecule has 2 heterocycles. The number of nitrogens with zero attached hydrogens (tertiary/aromatic N) is 3. The molecule has 0 fully saturated rings. The van der Waals surface area contributed by atoms with Crippen LogP contribution in [-0.4, -0.2) is 27.3 Å². The fourth-order valence-corrected chi connectivity index (χ4v) is 2.51. The van der Waals surface area contributed by atoms with E-state index in [1.165, 1.54) is 4.68 Å². The van der Waals surface area contributed by atoms with Gasteiger partial charge in [-0.2, -0.15) is 5.10 Å². The number of esters is 1. The first-order chi connectivity index (χ1) is 9.02. The lowest BCUT2D eigenvalue weighted by molar-refractivity contribution is 0.0515. The van der Waals surface area contributed by atoms with Crippen molar-refractivity contribution >= 4 is 49.4 Å². The summed E-state index contributed by atoms with van der Waals surface area (Å²) in [6.45, 7) is 2.02. The zero-order valence-corrected chi connectivity index (χ0v) is 13.7. The minimum Gasteiger partial charge on any atom is -0.461 e. The Bertz CT molecular complexity index is 630. The summed E-state index contributed by atoms with van der Waals surface area (Å²) in [4.78, 5) is 16.0. The first-order valence-corrected chi connectivity index (χ1v) is 7.23. The van der Waals surface area contributed by atoms with Gasteiger partial charge in [0, 0.05) is 16.7 Å². The minimum absolute atomic E-state index is 0.255. The molecule has 0 N–H and O–H groups in total. The highest BCUT2D eigenvalue weighted by Gasteiger charge is 2.19. The van der Waals surface area contributed by atoms with Gasteiger partial charge in [-0.1, -0.05) is 11.6 Å². The van der Waals surface area contributed by atoms with Crippen molar-refractivity contribution < 1.29 is 9.53 Å². The topological polar surface area (TPSA) is 57.0 Å². The lowest BCUT2D eigenvalue weighted by Crippen LogP contribution is -2.13. The molecule has 0 saturated heterocycles. The Hall–Kier alpha value is -0.920. The maximum atomic E-state index is 11.8. The molecule has 2 aromatic rings. The molecule has 100 valence electrons. The Balaban J connectivity index is 2.52. The summed E-state index contributed by atoms with van der Waals surface area (Å²) < 4.78 is 7.55. The van der Waals surface area contributed by atoms with E-state index in [-0.39, 0.29) is 12.3 Å². The average molecular weight is 409 g/mol. The van der Waals surface area contributed by atoms with Crippen LogP contribution in [0, 0.1) is 0 Å². The van der Waals surface area contributed by atoms with Crippen molar-refractivity contribution in [1.82, 2.24) is 14.8 Å². The predicted molar refractivity (Wildman–Crippen MR) is 77.7 cm³/mol. The summed E-state index contributed by atoms with van der Waals surface area (Å²) in [6.07, 6.45) is 1.58. The van der Waals surface area contributed by atoms with E-state index in [0.717, 1.165) is 4.47 Å². The zero-order valence-electron chi connectivity index (χ0n) is 9.73. The van der Waals surface area contributed by atoms with E-state index < -0.39 is 5.97 Å². The van der Waals surface area contributed by atoms with E-state index in [1.54, 1.807) is 25.3 Å². The van der Waals surface area contributed by atoms with Gasteiger partial charge in [-0.3, -0.25) is 0 Å². The summed E-state index contributed by atoms with van der Waals surface area (Å²) in [7, 11) is 0. The van der Waals surface area contributed by atoms with Crippen LogP contribution in [0.5, 0.6) is 0 Å². The first-order valence-electron chi connectivity index (χ1n) is 5.27. The molecule has 0 amide bonds. The number of carbonyl (C=O) groups excluding carboxylic acids is 1. The molecular weight excluding hydrogens is 401 g/mol. The molecule has 0 aromatic carbocycles. The second-order valence-electron chi connectivity index (χ2n) is 3.44. The van der Waals surface area contributed by atoms with Crippen LogP contribution in [0.1, 0.15) is 17.4 Å². The molecule has 19 heavy (non-hydrogen) atoms. The normalized spacial score (nSPS) is 10.5. The van der Waals surface area contributed by atoms with Gasteiger partial charge in [0.15, 0.2) is 11.5 Å². The van der Waals surface area contributed by atoms with Crippen molar-refractivity contribution in [3.05, 3.63) is 38.1 Å². The fraction of sp³-hybridized carbons (Fsp3) is 0.182. The summed E-state index contributed by atoms with van der Waals surface area (Å²) >= 11 is 12.6. The summed E-state index contributed by atoms with van der Waals surface area (Å²) in [5.41, 5.74) is 0.255. The second kappa shape index (κ2) is 6.02. The van der Waals surface area contributed by atoms with Crippen LogP contribution >= 0.6 is 43.5 Å². The highest BCUT2D eigenvalue weighted by Crippen LogP contribution is 2.24. The lowest BCUT2D eigenvalue weighted by atomic mass is 10.4. The third-order valence-corrected chi connectivity index (χ3v) is 3.25. The smallest absolute Gasteiger partial charge is 0.357 e. The third kappa shape index (κ3) is 3.16. The molecular formula is C11H8Br2ClN3O2. The summed E-state index contributed by atoms with van der Waals surface area (Å²) in [6, 6.07) is 3.23. The number of carbonyl (C=O) groups is 1. The van der Waals surface area contributed by atoms with Crippen molar-refractivity contribution in [2.75, 3.05) is 6.61 Å². The SMILES string of the molecule is CCOC(=O)c1cc(Br)nn1-c1ncc(Br)cc1Cl. The molecule has 0 saturated carbocycles. The number of halogens is 3. The van der Waals surface area contributed by atoms with Crippen molar-refractivity contribution in [2.45, 2.75) is 6.92 Å². The highest BCUT2D eigenvalue weighted by atomic mass is 79.9. The van der Waals surface area contributed by atoms with Crippen molar-refractivity contribution in [1.29, 1.82) is 0 Å². The van der Waals surface area contributed by atoms with Crippen LogP contribution < -0.4 is 0 Å². The zero-order chi connectivity index (χ0) is 14.0. The predicted octanol–water partition coefficient (Wildman–Crippen LogP) is 3.62. The van der Waals surface area contributed by atoms with Gasteiger partial charge < -0.3 is 4.74 Å². The van der Waals surface area contributed by atoms with Gasteiger partial charge in [0.1, 0.15) is 4.60 Å². The van der Waals surface area contributed by atoms with Crippen LogP contribution in [0.15, 0.2) is 27.4 Å². The van der Waals surface area contributed by atoms with Gasteiger partial charge in [0.05, 0.1) is 11.6 Å². The second-order valence-corrected chi connectivity index (χ2v) is 5.58. The quantitative estimate of drug-likeness (QED) is 0.727. The van der Waals surface area contributed by atoms with E-state index in [4.69, 9.17) is 16.3 Å². The molecule has 0 spiro atoms. The number of hydrogen-bond donors (Lipinski definition) is 0. The number of pyridine rings is 1. The lowest BCUT2D eigenvalue weighted by Gasteiger charge is -2.07. The molecule has 2 rings (SSSR count). The number of rotatable bonds is 3. The number of aromatic nitrogens is 3. The van der Waals surface area contributed by atoms with Gasteiger partial charge in [0.2, 0.25) is 0 Å². The van der Waals surface area contributed by atoms with Gasteiger partial charge in [0.25, 0.3) is 0 Å². The van der Waals surface area contributed by atoms with Crippen molar-refractivity contribution in [3.63, 3.8) is 0 Å². The van der Waals surface area contributed by atoms with Crippen LogP contribution in [-0.2, 0) is 4.74 Å². The molecule has 5 nitrogen and oxygen atoms in total. The van der Waals surface area contributed by atoms with Crippen molar-refractivity contribution in [2.24, 2.45) is 0 Å². The summed E-state index contributed by atoms with van der Waals surface area (Å²) in [5, 5.41) is 4.52. The molecule has 8 heteroatoms. The van der Waals surface area contributed by atoms with Crippen LogP contribution in [0.3, 0.4) is 0 Å².